The number of aliphatic imine (C=N–C) groups is 1. The van der Waals surface area contributed by atoms with Crippen LogP contribution in [-0.2, 0) is 0 Å². The lowest BCUT2D eigenvalue weighted by Crippen LogP contribution is -2.05. The molecule has 0 aromatic heterocycles. The number of hydrogen-bond acceptors (Lipinski definition) is 2. The zero-order valence-electron chi connectivity index (χ0n) is 11.7. The number of allylic oxidation sites excluding steroid dienone is 1. The van der Waals surface area contributed by atoms with Crippen molar-refractivity contribution in [2.24, 2.45) is 10.7 Å². The molecule has 0 aromatic rings. The molecule has 0 aliphatic carbocycles. The largest absolute Gasteiger partial charge is 0.387 e. The first-order valence-corrected chi connectivity index (χ1v) is 5.85. The van der Waals surface area contributed by atoms with Gasteiger partial charge in [-0.15, -0.1) is 6.58 Å². The van der Waals surface area contributed by atoms with Crippen molar-refractivity contribution in [3.63, 3.8) is 0 Å². The van der Waals surface area contributed by atoms with Crippen LogP contribution in [0.5, 0.6) is 0 Å². The van der Waals surface area contributed by atoms with Gasteiger partial charge in [-0.1, -0.05) is 53.7 Å². The van der Waals surface area contributed by atoms with E-state index in [0.717, 1.165) is 12.3 Å². The molecule has 1 aliphatic heterocycles. The highest BCUT2D eigenvalue weighted by Gasteiger charge is 1.88. The summed E-state index contributed by atoms with van der Waals surface area (Å²) in [6.07, 6.45) is 6.23. The van der Waals surface area contributed by atoms with Crippen LogP contribution in [0.4, 0.5) is 0 Å². The van der Waals surface area contributed by atoms with E-state index in [1.54, 1.807) is 12.3 Å². The van der Waals surface area contributed by atoms with Crippen molar-refractivity contribution in [1.29, 1.82) is 0 Å². The summed E-state index contributed by atoms with van der Waals surface area (Å²) in [5, 5.41) is 0. The summed E-state index contributed by atoms with van der Waals surface area (Å²) in [5.74, 6) is 0.718. The Hall–Kier alpha value is -1.05. The minimum atomic E-state index is 0.718. The van der Waals surface area contributed by atoms with E-state index in [0.29, 0.717) is 0 Å². The highest BCUT2D eigenvalue weighted by Crippen LogP contribution is 1.92. The third-order valence-corrected chi connectivity index (χ3v) is 0.673. The van der Waals surface area contributed by atoms with E-state index >= 15 is 0 Å². The van der Waals surface area contributed by atoms with Gasteiger partial charge in [0.15, 0.2) is 0 Å². The highest BCUT2D eigenvalue weighted by molar-refractivity contribution is 5.83. The predicted molar refractivity (Wildman–Crippen MR) is 75.3 cm³/mol. The fourth-order valence-electron chi connectivity index (χ4n) is 0.375. The fourth-order valence-corrected chi connectivity index (χ4v) is 0.375. The molecule has 0 bridgehead atoms. The zero-order chi connectivity index (χ0) is 13.1. The molecule has 1 aliphatic rings. The van der Waals surface area contributed by atoms with Crippen molar-refractivity contribution in [3.05, 3.63) is 24.9 Å². The molecular formula is C13H30N2. The lowest BCUT2D eigenvalue weighted by atomic mass is 10.4. The van der Waals surface area contributed by atoms with E-state index in [9.17, 15) is 0 Å². The Morgan fingerprint density at radius 3 is 1.60 bits per heavy atom. The molecule has 2 N–H and O–H groups in total. The molecule has 2 heteroatoms. The van der Waals surface area contributed by atoms with Gasteiger partial charge in [-0.2, -0.15) is 0 Å². The first-order valence-electron chi connectivity index (χ1n) is 5.85. The summed E-state index contributed by atoms with van der Waals surface area (Å²) in [6, 6.07) is 0. The Labute approximate surface area is 97.0 Å². The maximum absolute atomic E-state index is 5.22. The number of rotatable bonds is 0. The van der Waals surface area contributed by atoms with Crippen LogP contribution in [0.3, 0.4) is 0 Å². The molecule has 0 radical (unpaired) electrons. The Kier molecular flexibility index (Phi) is 60.3. The van der Waals surface area contributed by atoms with Crippen LogP contribution in [0, 0.1) is 0 Å². The maximum Gasteiger partial charge on any atom is 0.103 e. The predicted octanol–water partition coefficient (Wildman–Crippen LogP) is 4.53. The lowest BCUT2D eigenvalue weighted by molar-refractivity contribution is 1.46. The smallest absolute Gasteiger partial charge is 0.103 e. The van der Waals surface area contributed by atoms with Gasteiger partial charge >= 0.3 is 0 Å². The Balaban J connectivity index is -0.0000000585. The second-order valence-electron chi connectivity index (χ2n) is 1.62. The Bertz CT molecular complexity index is 135. The third-order valence-electron chi connectivity index (χ3n) is 0.673. The first-order chi connectivity index (χ1) is 7.31. The molecule has 0 spiro atoms. The van der Waals surface area contributed by atoms with Crippen LogP contribution in [-0.4, -0.2) is 5.84 Å². The van der Waals surface area contributed by atoms with E-state index in [4.69, 9.17) is 5.73 Å². The summed E-state index contributed by atoms with van der Waals surface area (Å²) in [4.78, 5) is 3.75. The monoisotopic (exact) mass is 214 g/mol. The number of nitrogens with two attached hydrogens (primary N) is 1. The fraction of sp³-hybridized carbons (Fsp3) is 0.615. The summed E-state index contributed by atoms with van der Waals surface area (Å²) in [5.41, 5.74) is 5.22. The minimum Gasteiger partial charge on any atom is -0.387 e. The van der Waals surface area contributed by atoms with E-state index in [-0.39, 0.29) is 0 Å². The number of amidine groups is 1. The summed E-state index contributed by atoms with van der Waals surface area (Å²) < 4.78 is 0. The van der Waals surface area contributed by atoms with Crippen molar-refractivity contribution in [1.82, 2.24) is 0 Å². The zero-order valence-corrected chi connectivity index (χ0v) is 11.7. The molecule has 0 saturated carbocycles. The van der Waals surface area contributed by atoms with Crippen LogP contribution < -0.4 is 5.73 Å². The van der Waals surface area contributed by atoms with E-state index in [1.165, 1.54) is 0 Å². The standard InChI is InChI=1S/C4H6N2.C3H6.3C2H6/c5-4-2-1-3-6-4;1-3-2;3*1-2/h1,3H,2H2,(H2,5,6);3H,1H2,2H3;3*1-2H3. The highest BCUT2D eigenvalue weighted by atomic mass is 14.8. The normalized spacial score (nSPS) is 9.40. The average molecular weight is 214 g/mol. The third kappa shape index (κ3) is 43.9. The van der Waals surface area contributed by atoms with Crippen molar-refractivity contribution < 1.29 is 0 Å². The number of hydrogen-bond donors (Lipinski definition) is 1. The van der Waals surface area contributed by atoms with Gasteiger partial charge in [-0.05, 0) is 6.92 Å². The van der Waals surface area contributed by atoms with Gasteiger partial charge in [0.1, 0.15) is 5.84 Å². The lowest BCUT2D eigenvalue weighted by Gasteiger charge is -1.78. The SMILES string of the molecule is C=CC.CC.CC.CC.NC1=NC=CC1. The molecule has 1 heterocycles. The molecule has 0 aromatic carbocycles. The van der Waals surface area contributed by atoms with Crippen molar-refractivity contribution in [3.8, 4) is 0 Å². The topological polar surface area (TPSA) is 38.4 Å². The van der Waals surface area contributed by atoms with E-state index < -0.39 is 0 Å². The average Bonchev–Trinajstić information content (AvgIpc) is 2.79. The van der Waals surface area contributed by atoms with E-state index in [2.05, 4.69) is 11.6 Å². The van der Waals surface area contributed by atoms with Crippen LogP contribution in [0.25, 0.3) is 0 Å². The minimum absolute atomic E-state index is 0.718. The molecule has 0 fully saturated rings. The number of nitrogens with zero attached hydrogens (tertiary/aromatic N) is 1. The first kappa shape index (κ1) is 23.6. The molecule has 1 rings (SSSR count). The van der Waals surface area contributed by atoms with Gasteiger partial charge in [0.05, 0.1) is 0 Å². The Morgan fingerprint density at radius 2 is 1.53 bits per heavy atom. The molecule has 0 saturated heterocycles. The van der Waals surface area contributed by atoms with Gasteiger partial charge in [0.25, 0.3) is 0 Å². The van der Waals surface area contributed by atoms with Gasteiger partial charge in [-0.25, -0.2) is 4.99 Å². The molecule has 0 amide bonds. The van der Waals surface area contributed by atoms with Crippen molar-refractivity contribution in [2.45, 2.75) is 54.9 Å². The molecular weight excluding hydrogens is 184 g/mol. The van der Waals surface area contributed by atoms with Gasteiger partial charge in [-0.3, -0.25) is 0 Å². The molecule has 2 nitrogen and oxygen atoms in total. The summed E-state index contributed by atoms with van der Waals surface area (Å²) in [6.45, 7) is 17.2. The molecule has 0 unspecified atom stereocenters. The Morgan fingerprint density at radius 1 is 1.20 bits per heavy atom. The second-order valence-corrected chi connectivity index (χ2v) is 1.62. The summed E-state index contributed by atoms with van der Waals surface area (Å²) >= 11 is 0. The van der Waals surface area contributed by atoms with Crippen LogP contribution in [0.15, 0.2) is 29.9 Å². The van der Waals surface area contributed by atoms with Gasteiger partial charge in [0, 0.05) is 12.6 Å². The quantitative estimate of drug-likeness (QED) is 0.591. The van der Waals surface area contributed by atoms with E-state index in [1.807, 2.05) is 54.5 Å². The van der Waals surface area contributed by atoms with Gasteiger partial charge in [0.2, 0.25) is 0 Å². The molecule has 92 valence electrons. The van der Waals surface area contributed by atoms with Gasteiger partial charge < -0.3 is 5.73 Å². The van der Waals surface area contributed by atoms with Crippen molar-refractivity contribution in [2.75, 3.05) is 0 Å². The second kappa shape index (κ2) is 38.3. The molecule has 0 atom stereocenters. The van der Waals surface area contributed by atoms with Crippen molar-refractivity contribution >= 4 is 5.84 Å². The maximum atomic E-state index is 5.22. The van der Waals surface area contributed by atoms with Crippen LogP contribution in [0.2, 0.25) is 0 Å². The van der Waals surface area contributed by atoms with Crippen LogP contribution >= 0.6 is 0 Å². The molecule has 15 heavy (non-hydrogen) atoms. The summed E-state index contributed by atoms with van der Waals surface area (Å²) in [7, 11) is 0. The van der Waals surface area contributed by atoms with Crippen LogP contribution in [0.1, 0.15) is 54.9 Å².